The predicted molar refractivity (Wildman–Crippen MR) is 112 cm³/mol. The maximum atomic E-state index is 11.7. The van der Waals surface area contributed by atoms with E-state index in [-0.39, 0.29) is 0 Å². The first kappa shape index (κ1) is 17.5. The van der Waals surface area contributed by atoms with Crippen LogP contribution in [0.2, 0.25) is 0 Å². The van der Waals surface area contributed by atoms with Crippen molar-refractivity contribution in [1.82, 2.24) is 4.98 Å². The number of hydrogen-bond acceptors (Lipinski definition) is 4. The molecule has 0 aliphatic carbocycles. The molecule has 0 unspecified atom stereocenters. The molecule has 0 N–H and O–H groups in total. The summed E-state index contributed by atoms with van der Waals surface area (Å²) in [4.78, 5) is 21.2. The Morgan fingerprint density at radius 2 is 1.63 bits per heavy atom. The van der Waals surface area contributed by atoms with Crippen LogP contribution in [-0.2, 0) is 0 Å². The number of aldehydes is 1. The summed E-state index contributed by atoms with van der Waals surface area (Å²) in [6.07, 6.45) is 0.938. The second-order valence-corrected chi connectivity index (χ2v) is 7.44. The molecule has 0 spiro atoms. The van der Waals surface area contributed by atoms with Gasteiger partial charge in [-0.3, -0.25) is 4.79 Å². The monoisotopic (exact) mass is 359 g/mol. The van der Waals surface area contributed by atoms with Crippen LogP contribution >= 0.6 is 0 Å². The number of anilines is 2. The van der Waals surface area contributed by atoms with E-state index >= 15 is 0 Å². The highest BCUT2D eigenvalue weighted by molar-refractivity contribution is 5.92. The number of carbonyl (C=O) groups is 1. The summed E-state index contributed by atoms with van der Waals surface area (Å²) in [5.74, 6) is 1.27. The zero-order valence-electron chi connectivity index (χ0n) is 15.9. The molecule has 4 nitrogen and oxygen atoms in total. The molecular formula is C23H25N3O. The van der Waals surface area contributed by atoms with Gasteiger partial charge in [-0.2, -0.15) is 0 Å². The molecule has 138 valence electrons. The Hall–Kier alpha value is -2.88. The molecule has 1 aliphatic heterocycles. The lowest BCUT2D eigenvalue weighted by atomic mass is 10.0. The summed E-state index contributed by atoms with van der Waals surface area (Å²) in [5, 5.41) is 1.04. The van der Waals surface area contributed by atoms with Crippen molar-refractivity contribution < 1.29 is 4.79 Å². The molecule has 0 atom stereocenters. The minimum Gasteiger partial charge on any atom is -0.368 e. The molecule has 2 aromatic carbocycles. The van der Waals surface area contributed by atoms with Crippen molar-refractivity contribution in [2.75, 3.05) is 36.0 Å². The zero-order chi connectivity index (χ0) is 18.8. The molecule has 1 fully saturated rings. The molecule has 1 saturated heterocycles. The van der Waals surface area contributed by atoms with Gasteiger partial charge < -0.3 is 9.80 Å². The lowest BCUT2D eigenvalue weighted by Crippen LogP contribution is -2.47. The van der Waals surface area contributed by atoms with Gasteiger partial charge in [-0.15, -0.1) is 0 Å². The molecule has 0 bridgehead atoms. The molecule has 27 heavy (non-hydrogen) atoms. The van der Waals surface area contributed by atoms with Gasteiger partial charge in [0.15, 0.2) is 6.29 Å². The van der Waals surface area contributed by atoms with Crippen LogP contribution in [0.3, 0.4) is 0 Å². The van der Waals surface area contributed by atoms with Gasteiger partial charge in [-0.05, 0) is 41.8 Å². The number of nitrogens with zero attached hydrogens (tertiary/aromatic N) is 3. The molecular weight excluding hydrogens is 334 g/mol. The zero-order valence-corrected chi connectivity index (χ0v) is 15.9. The number of benzene rings is 2. The standard InChI is InChI=1S/C23H25N3O/c1-17(2)18-8-9-22-19(14-18)15-20(16-27)23(24-22)26-12-10-25(11-13-26)21-6-4-3-5-7-21/h3-9,14-17H,10-13H2,1-2H3. The fourth-order valence-electron chi connectivity index (χ4n) is 3.72. The third-order valence-electron chi connectivity index (χ3n) is 5.34. The smallest absolute Gasteiger partial charge is 0.153 e. The summed E-state index contributed by atoms with van der Waals surface area (Å²) in [6, 6.07) is 18.8. The van der Waals surface area contributed by atoms with Gasteiger partial charge >= 0.3 is 0 Å². The highest BCUT2D eigenvalue weighted by Gasteiger charge is 2.21. The number of pyridine rings is 1. The van der Waals surface area contributed by atoms with E-state index in [1.54, 1.807) is 0 Å². The van der Waals surface area contributed by atoms with E-state index in [0.717, 1.165) is 49.2 Å². The first-order valence-corrected chi connectivity index (χ1v) is 9.60. The van der Waals surface area contributed by atoms with Gasteiger partial charge in [0.2, 0.25) is 0 Å². The van der Waals surface area contributed by atoms with E-state index in [0.29, 0.717) is 11.5 Å². The molecule has 4 rings (SSSR count). The number of piperazine rings is 1. The lowest BCUT2D eigenvalue weighted by molar-refractivity contribution is 0.112. The van der Waals surface area contributed by atoms with Crippen molar-refractivity contribution in [2.24, 2.45) is 0 Å². The molecule has 0 saturated carbocycles. The first-order valence-electron chi connectivity index (χ1n) is 9.60. The van der Waals surface area contributed by atoms with Gasteiger partial charge in [-0.1, -0.05) is 38.1 Å². The number of hydrogen-bond donors (Lipinski definition) is 0. The summed E-state index contributed by atoms with van der Waals surface area (Å²) in [5.41, 5.74) is 4.15. The van der Waals surface area contributed by atoms with Crippen LogP contribution < -0.4 is 9.80 Å². The Bertz CT molecular complexity index is 944. The number of rotatable bonds is 4. The first-order chi connectivity index (χ1) is 13.2. The van der Waals surface area contributed by atoms with Crippen LogP contribution in [0.5, 0.6) is 0 Å². The maximum absolute atomic E-state index is 11.7. The van der Waals surface area contributed by atoms with Crippen LogP contribution in [0.25, 0.3) is 10.9 Å². The topological polar surface area (TPSA) is 36.4 Å². The molecule has 1 aromatic heterocycles. The summed E-state index contributed by atoms with van der Waals surface area (Å²) in [7, 11) is 0. The average Bonchev–Trinajstić information content (AvgIpc) is 2.73. The molecule has 0 amide bonds. The van der Waals surface area contributed by atoms with Gasteiger partial charge in [0, 0.05) is 37.3 Å². The Morgan fingerprint density at radius 3 is 2.30 bits per heavy atom. The SMILES string of the molecule is CC(C)c1ccc2nc(N3CCN(c4ccccc4)CC3)c(C=O)cc2c1. The van der Waals surface area contributed by atoms with Crippen molar-refractivity contribution >= 4 is 28.7 Å². The fourth-order valence-corrected chi connectivity index (χ4v) is 3.72. The second kappa shape index (κ2) is 7.39. The lowest BCUT2D eigenvalue weighted by Gasteiger charge is -2.37. The van der Waals surface area contributed by atoms with Crippen LogP contribution in [-0.4, -0.2) is 37.4 Å². The molecule has 2 heterocycles. The fraction of sp³-hybridized carbons (Fsp3) is 0.304. The van der Waals surface area contributed by atoms with E-state index < -0.39 is 0 Å². The van der Waals surface area contributed by atoms with Crippen LogP contribution in [0.1, 0.15) is 35.7 Å². The minimum absolute atomic E-state index is 0.458. The normalized spacial score (nSPS) is 14.8. The van der Waals surface area contributed by atoms with Crippen LogP contribution in [0, 0.1) is 0 Å². The van der Waals surface area contributed by atoms with Crippen molar-refractivity contribution in [3.8, 4) is 0 Å². The highest BCUT2D eigenvalue weighted by atomic mass is 16.1. The van der Waals surface area contributed by atoms with Gasteiger partial charge in [0.05, 0.1) is 11.1 Å². The van der Waals surface area contributed by atoms with Gasteiger partial charge in [0.25, 0.3) is 0 Å². The molecule has 0 radical (unpaired) electrons. The van der Waals surface area contributed by atoms with Crippen molar-refractivity contribution in [3.63, 3.8) is 0 Å². The molecule has 3 aromatic rings. The van der Waals surface area contributed by atoms with Crippen LogP contribution in [0.15, 0.2) is 54.6 Å². The highest BCUT2D eigenvalue weighted by Crippen LogP contribution is 2.27. The Morgan fingerprint density at radius 1 is 0.926 bits per heavy atom. The van der Waals surface area contributed by atoms with E-state index in [1.807, 2.05) is 12.1 Å². The predicted octanol–water partition coefficient (Wildman–Crippen LogP) is 4.50. The molecule has 4 heteroatoms. The van der Waals surface area contributed by atoms with Gasteiger partial charge in [-0.25, -0.2) is 4.98 Å². The van der Waals surface area contributed by atoms with Crippen molar-refractivity contribution in [3.05, 3.63) is 65.7 Å². The van der Waals surface area contributed by atoms with E-state index in [1.165, 1.54) is 11.3 Å². The number of carbonyl (C=O) groups excluding carboxylic acids is 1. The van der Waals surface area contributed by atoms with E-state index in [9.17, 15) is 4.79 Å². The van der Waals surface area contributed by atoms with Gasteiger partial charge in [0.1, 0.15) is 5.82 Å². The summed E-state index contributed by atoms with van der Waals surface area (Å²) >= 11 is 0. The largest absolute Gasteiger partial charge is 0.368 e. The van der Waals surface area contributed by atoms with Crippen molar-refractivity contribution in [2.45, 2.75) is 19.8 Å². The second-order valence-electron chi connectivity index (χ2n) is 7.44. The quantitative estimate of drug-likeness (QED) is 0.643. The van der Waals surface area contributed by atoms with Crippen LogP contribution in [0.4, 0.5) is 11.5 Å². The Labute approximate surface area is 160 Å². The molecule has 1 aliphatic rings. The summed E-state index contributed by atoms with van der Waals surface area (Å²) in [6.45, 7) is 7.92. The minimum atomic E-state index is 0.458. The number of aromatic nitrogens is 1. The third kappa shape index (κ3) is 3.52. The Balaban J connectivity index is 1.60. The summed E-state index contributed by atoms with van der Waals surface area (Å²) < 4.78 is 0. The maximum Gasteiger partial charge on any atom is 0.153 e. The Kier molecular flexibility index (Phi) is 4.80. The third-order valence-corrected chi connectivity index (χ3v) is 5.34. The van der Waals surface area contributed by atoms with Crippen molar-refractivity contribution in [1.29, 1.82) is 0 Å². The van der Waals surface area contributed by atoms with E-state index in [4.69, 9.17) is 4.98 Å². The number of para-hydroxylation sites is 1. The average molecular weight is 359 g/mol. The number of fused-ring (bicyclic) bond motifs is 1. The van der Waals surface area contributed by atoms with E-state index in [2.05, 4.69) is 66.1 Å².